The van der Waals surface area contributed by atoms with Crippen LogP contribution in [0.5, 0.6) is 11.5 Å². The van der Waals surface area contributed by atoms with Gasteiger partial charge >= 0.3 is 0 Å². The van der Waals surface area contributed by atoms with E-state index in [1.165, 1.54) is 0 Å². The summed E-state index contributed by atoms with van der Waals surface area (Å²) in [5.74, 6) is 1.38. The van der Waals surface area contributed by atoms with Crippen LogP contribution in [0.1, 0.15) is 18.4 Å². The molecule has 7 nitrogen and oxygen atoms in total. The van der Waals surface area contributed by atoms with E-state index in [0.29, 0.717) is 30.2 Å². The average Bonchev–Trinajstić information content (AvgIpc) is 3.14. The second-order valence-corrected chi connectivity index (χ2v) is 7.07. The van der Waals surface area contributed by atoms with Crippen molar-refractivity contribution in [2.24, 2.45) is 0 Å². The van der Waals surface area contributed by atoms with Crippen molar-refractivity contribution in [3.63, 3.8) is 0 Å². The van der Waals surface area contributed by atoms with Crippen LogP contribution in [-0.4, -0.2) is 51.1 Å². The Morgan fingerprint density at radius 3 is 2.52 bits per heavy atom. The van der Waals surface area contributed by atoms with Gasteiger partial charge in [-0.3, -0.25) is 14.5 Å². The molecule has 7 heteroatoms. The van der Waals surface area contributed by atoms with Crippen LogP contribution < -0.4 is 19.7 Å². The summed E-state index contributed by atoms with van der Waals surface area (Å²) in [5, 5.41) is 2.90. The molecular weight excluding hydrogens is 370 g/mol. The lowest BCUT2D eigenvalue weighted by molar-refractivity contribution is -0.117. The Bertz CT molecular complexity index is 867. The number of para-hydroxylation sites is 1. The molecule has 1 aliphatic rings. The summed E-state index contributed by atoms with van der Waals surface area (Å²) >= 11 is 0. The molecule has 2 amide bonds. The number of benzene rings is 2. The largest absolute Gasteiger partial charge is 0.493 e. The Hall–Kier alpha value is -3.06. The normalized spacial score (nSPS) is 13.7. The number of hydrogen-bond donors (Lipinski definition) is 1. The lowest BCUT2D eigenvalue weighted by Gasteiger charge is -2.19. The highest BCUT2D eigenvalue weighted by atomic mass is 16.5. The van der Waals surface area contributed by atoms with Crippen molar-refractivity contribution < 1.29 is 19.1 Å². The van der Waals surface area contributed by atoms with E-state index in [0.717, 1.165) is 24.2 Å². The van der Waals surface area contributed by atoms with Gasteiger partial charge in [0.2, 0.25) is 11.8 Å². The summed E-state index contributed by atoms with van der Waals surface area (Å²) in [6.45, 7) is 1.53. The summed E-state index contributed by atoms with van der Waals surface area (Å²) in [5.41, 5.74) is 2.52. The molecule has 2 aromatic carbocycles. The molecule has 1 aliphatic heterocycles. The monoisotopic (exact) mass is 397 g/mol. The van der Waals surface area contributed by atoms with Gasteiger partial charge in [0.1, 0.15) is 0 Å². The van der Waals surface area contributed by atoms with Crippen molar-refractivity contribution >= 4 is 23.2 Å². The van der Waals surface area contributed by atoms with Gasteiger partial charge in [0.15, 0.2) is 11.5 Å². The highest BCUT2D eigenvalue weighted by molar-refractivity contribution is 5.96. The van der Waals surface area contributed by atoms with Crippen LogP contribution in [0.15, 0.2) is 42.5 Å². The third-order valence-electron chi connectivity index (χ3n) is 4.87. The number of anilines is 2. The molecule has 1 N–H and O–H groups in total. The molecule has 2 aromatic rings. The first-order valence-corrected chi connectivity index (χ1v) is 9.60. The molecule has 0 spiro atoms. The van der Waals surface area contributed by atoms with E-state index >= 15 is 0 Å². The predicted octanol–water partition coefficient (Wildman–Crippen LogP) is 2.90. The smallest absolute Gasteiger partial charge is 0.238 e. The number of methoxy groups -OCH3 is 2. The first-order chi connectivity index (χ1) is 14.0. The molecule has 154 valence electrons. The number of ether oxygens (including phenoxy) is 2. The van der Waals surface area contributed by atoms with Crippen molar-refractivity contribution in [3.8, 4) is 11.5 Å². The van der Waals surface area contributed by atoms with E-state index in [4.69, 9.17) is 9.47 Å². The highest BCUT2D eigenvalue weighted by Crippen LogP contribution is 2.31. The average molecular weight is 397 g/mol. The SMILES string of the molecule is COc1cccc(CN(C)CC(=O)Nc2ccc(N3CCCC3=O)cc2)c1OC. The first kappa shape index (κ1) is 20.7. The van der Waals surface area contributed by atoms with Crippen LogP contribution in [0.25, 0.3) is 0 Å². The second kappa shape index (κ2) is 9.43. The minimum atomic E-state index is -0.112. The van der Waals surface area contributed by atoms with Gasteiger partial charge in [-0.25, -0.2) is 0 Å². The van der Waals surface area contributed by atoms with Crippen LogP contribution in [0, 0.1) is 0 Å². The number of likely N-dealkylation sites (N-methyl/N-ethyl adjacent to an activating group) is 1. The zero-order chi connectivity index (χ0) is 20.8. The summed E-state index contributed by atoms with van der Waals surface area (Å²) in [6.07, 6.45) is 1.49. The van der Waals surface area contributed by atoms with E-state index in [2.05, 4.69) is 5.32 Å². The van der Waals surface area contributed by atoms with Crippen molar-refractivity contribution in [3.05, 3.63) is 48.0 Å². The highest BCUT2D eigenvalue weighted by Gasteiger charge is 2.21. The maximum Gasteiger partial charge on any atom is 0.238 e. The zero-order valence-electron chi connectivity index (χ0n) is 17.1. The minimum absolute atomic E-state index is 0.112. The van der Waals surface area contributed by atoms with Crippen LogP contribution in [0.4, 0.5) is 11.4 Å². The fourth-order valence-electron chi connectivity index (χ4n) is 3.52. The number of carbonyl (C=O) groups excluding carboxylic acids is 2. The lowest BCUT2D eigenvalue weighted by atomic mass is 10.1. The Balaban J connectivity index is 1.56. The molecule has 0 aromatic heterocycles. The summed E-state index contributed by atoms with van der Waals surface area (Å²) < 4.78 is 10.8. The Morgan fingerprint density at radius 2 is 1.90 bits per heavy atom. The van der Waals surface area contributed by atoms with Gasteiger partial charge in [0.05, 0.1) is 20.8 Å². The summed E-state index contributed by atoms with van der Waals surface area (Å²) in [7, 11) is 5.08. The van der Waals surface area contributed by atoms with Crippen molar-refractivity contribution in [1.82, 2.24) is 4.90 Å². The minimum Gasteiger partial charge on any atom is -0.493 e. The molecule has 0 radical (unpaired) electrons. The Morgan fingerprint density at radius 1 is 1.14 bits per heavy atom. The van der Waals surface area contributed by atoms with Gasteiger partial charge in [-0.05, 0) is 43.8 Å². The number of carbonyl (C=O) groups is 2. The van der Waals surface area contributed by atoms with Gasteiger partial charge in [-0.15, -0.1) is 0 Å². The number of nitrogens with zero attached hydrogens (tertiary/aromatic N) is 2. The standard InChI is InChI=1S/C22H27N3O4/c1-24(14-16-6-4-7-19(28-2)22(16)29-3)15-20(26)23-17-9-11-18(12-10-17)25-13-5-8-21(25)27/h4,6-7,9-12H,5,8,13-15H2,1-3H3,(H,23,26). The van der Waals surface area contributed by atoms with E-state index in [1.54, 1.807) is 19.1 Å². The van der Waals surface area contributed by atoms with Crippen LogP contribution in [0.3, 0.4) is 0 Å². The number of nitrogens with one attached hydrogen (secondary N) is 1. The van der Waals surface area contributed by atoms with E-state index < -0.39 is 0 Å². The quantitative estimate of drug-likeness (QED) is 0.742. The van der Waals surface area contributed by atoms with Gasteiger partial charge < -0.3 is 19.7 Å². The molecule has 1 saturated heterocycles. The third-order valence-corrected chi connectivity index (χ3v) is 4.87. The summed E-state index contributed by atoms with van der Waals surface area (Å²) in [6, 6.07) is 13.1. The zero-order valence-corrected chi connectivity index (χ0v) is 17.1. The fourth-order valence-corrected chi connectivity index (χ4v) is 3.52. The van der Waals surface area contributed by atoms with Crippen molar-refractivity contribution in [2.75, 3.05) is 44.6 Å². The fraction of sp³-hybridized carbons (Fsp3) is 0.364. The third kappa shape index (κ3) is 5.06. The molecule has 0 aliphatic carbocycles. The van der Waals surface area contributed by atoms with Crippen molar-refractivity contribution in [1.29, 1.82) is 0 Å². The van der Waals surface area contributed by atoms with Crippen LogP contribution in [-0.2, 0) is 16.1 Å². The first-order valence-electron chi connectivity index (χ1n) is 9.60. The molecule has 1 fully saturated rings. The van der Waals surface area contributed by atoms with Gasteiger partial charge in [-0.2, -0.15) is 0 Å². The summed E-state index contributed by atoms with van der Waals surface area (Å²) in [4.78, 5) is 27.9. The van der Waals surface area contributed by atoms with E-state index in [-0.39, 0.29) is 18.4 Å². The molecule has 0 bridgehead atoms. The lowest BCUT2D eigenvalue weighted by Crippen LogP contribution is -2.30. The van der Waals surface area contributed by atoms with Gasteiger partial charge in [0.25, 0.3) is 0 Å². The van der Waals surface area contributed by atoms with Crippen LogP contribution >= 0.6 is 0 Å². The Labute approximate surface area is 171 Å². The van der Waals surface area contributed by atoms with Crippen LogP contribution in [0.2, 0.25) is 0 Å². The van der Waals surface area contributed by atoms with Crippen molar-refractivity contribution in [2.45, 2.75) is 19.4 Å². The maximum absolute atomic E-state index is 12.4. The molecule has 1 heterocycles. The maximum atomic E-state index is 12.4. The predicted molar refractivity (Wildman–Crippen MR) is 113 cm³/mol. The molecule has 0 atom stereocenters. The topological polar surface area (TPSA) is 71.1 Å². The molecule has 0 unspecified atom stereocenters. The number of rotatable bonds is 8. The van der Waals surface area contributed by atoms with Gasteiger partial charge in [0, 0.05) is 36.4 Å². The second-order valence-electron chi connectivity index (χ2n) is 7.07. The van der Waals surface area contributed by atoms with E-state index in [1.807, 2.05) is 54.4 Å². The number of hydrogen-bond acceptors (Lipinski definition) is 5. The van der Waals surface area contributed by atoms with Gasteiger partial charge in [-0.1, -0.05) is 12.1 Å². The molecule has 3 rings (SSSR count). The molecule has 29 heavy (non-hydrogen) atoms. The Kier molecular flexibility index (Phi) is 6.72. The van der Waals surface area contributed by atoms with E-state index in [9.17, 15) is 9.59 Å². The number of amides is 2. The molecular formula is C22H27N3O4. The molecule has 0 saturated carbocycles.